The number of carbonyl (C=O) groups excluding carboxylic acids is 3. The number of nitrogens with zero attached hydrogens (tertiary/aromatic N) is 5. The molecule has 38 heavy (non-hydrogen) atoms. The molecule has 2 aromatic heterocycles. The van der Waals surface area contributed by atoms with Gasteiger partial charge in [-0.25, -0.2) is 0 Å². The Labute approximate surface area is 221 Å². The summed E-state index contributed by atoms with van der Waals surface area (Å²) in [5.41, 5.74) is 2.95. The lowest BCUT2D eigenvalue weighted by molar-refractivity contribution is 0.0743. The van der Waals surface area contributed by atoms with Crippen LogP contribution in [0.1, 0.15) is 37.5 Å². The molecule has 0 spiro atoms. The summed E-state index contributed by atoms with van der Waals surface area (Å²) in [6.07, 6.45) is 7.26. The number of benzene rings is 1. The maximum atomic E-state index is 13.3. The SMILES string of the molecule is O=C(Nc1cc(C(=O)N2CCCNCC2)ccc1N1CCN(C(=O)c2ccncc2)CC1)c1cccnc1. The molecule has 10 heteroatoms. The second-order valence-electron chi connectivity index (χ2n) is 9.34. The maximum absolute atomic E-state index is 13.3. The summed E-state index contributed by atoms with van der Waals surface area (Å²) in [7, 11) is 0. The fourth-order valence-electron chi connectivity index (χ4n) is 4.80. The van der Waals surface area contributed by atoms with Gasteiger partial charge in [-0.15, -0.1) is 0 Å². The Hall–Kier alpha value is -4.31. The van der Waals surface area contributed by atoms with Crippen LogP contribution in [0.3, 0.4) is 0 Å². The van der Waals surface area contributed by atoms with Gasteiger partial charge in [0, 0.05) is 81.7 Å². The highest BCUT2D eigenvalue weighted by Crippen LogP contribution is 2.30. The topological polar surface area (TPSA) is 111 Å². The first-order chi connectivity index (χ1) is 18.6. The molecule has 0 bridgehead atoms. The van der Waals surface area contributed by atoms with Crippen molar-refractivity contribution in [2.45, 2.75) is 6.42 Å². The quantitative estimate of drug-likeness (QED) is 0.538. The molecule has 196 valence electrons. The molecule has 2 saturated heterocycles. The molecular formula is C28H31N7O3. The monoisotopic (exact) mass is 513 g/mol. The van der Waals surface area contributed by atoms with Crippen molar-refractivity contribution in [1.29, 1.82) is 0 Å². The summed E-state index contributed by atoms with van der Waals surface area (Å²) < 4.78 is 0. The Kier molecular flexibility index (Phi) is 7.89. The molecule has 1 aromatic carbocycles. The van der Waals surface area contributed by atoms with Gasteiger partial charge in [-0.05, 0) is 55.4 Å². The van der Waals surface area contributed by atoms with E-state index in [4.69, 9.17) is 0 Å². The average Bonchev–Trinajstić information content (AvgIpc) is 3.27. The van der Waals surface area contributed by atoms with Crippen molar-refractivity contribution < 1.29 is 14.4 Å². The first-order valence-corrected chi connectivity index (χ1v) is 12.9. The first kappa shape index (κ1) is 25.3. The van der Waals surface area contributed by atoms with Crippen LogP contribution in [0.15, 0.2) is 67.3 Å². The highest BCUT2D eigenvalue weighted by Gasteiger charge is 2.25. The van der Waals surface area contributed by atoms with Gasteiger partial charge < -0.3 is 25.3 Å². The largest absolute Gasteiger partial charge is 0.366 e. The molecule has 2 fully saturated rings. The number of hydrogen-bond donors (Lipinski definition) is 2. The van der Waals surface area contributed by atoms with Crippen molar-refractivity contribution in [2.75, 3.05) is 62.6 Å². The Bertz CT molecular complexity index is 1270. The molecule has 4 heterocycles. The third-order valence-corrected chi connectivity index (χ3v) is 6.88. The molecule has 2 aliphatic rings. The van der Waals surface area contributed by atoms with Crippen LogP contribution < -0.4 is 15.5 Å². The summed E-state index contributed by atoms with van der Waals surface area (Å²) in [6.45, 7) is 5.26. The number of amides is 3. The minimum Gasteiger partial charge on any atom is -0.366 e. The van der Waals surface area contributed by atoms with Crippen LogP contribution >= 0.6 is 0 Å². The maximum Gasteiger partial charge on any atom is 0.257 e. The molecular weight excluding hydrogens is 482 g/mol. The van der Waals surface area contributed by atoms with Crippen LogP contribution in [0.2, 0.25) is 0 Å². The van der Waals surface area contributed by atoms with E-state index >= 15 is 0 Å². The van der Waals surface area contributed by atoms with E-state index in [-0.39, 0.29) is 17.7 Å². The predicted octanol–water partition coefficient (Wildman–Crippen LogP) is 2.13. The molecule has 3 aromatic rings. The normalized spacial score (nSPS) is 16.1. The fraction of sp³-hybridized carbons (Fsp3) is 0.321. The molecule has 2 aliphatic heterocycles. The molecule has 10 nitrogen and oxygen atoms in total. The van der Waals surface area contributed by atoms with Gasteiger partial charge >= 0.3 is 0 Å². The second-order valence-corrected chi connectivity index (χ2v) is 9.34. The van der Waals surface area contributed by atoms with E-state index in [0.29, 0.717) is 61.6 Å². The van der Waals surface area contributed by atoms with Crippen molar-refractivity contribution in [2.24, 2.45) is 0 Å². The lowest BCUT2D eigenvalue weighted by atomic mass is 10.1. The summed E-state index contributed by atoms with van der Waals surface area (Å²) in [5, 5.41) is 6.32. The Morgan fingerprint density at radius 3 is 2.26 bits per heavy atom. The molecule has 0 radical (unpaired) electrons. The minimum atomic E-state index is -0.297. The highest BCUT2D eigenvalue weighted by atomic mass is 16.2. The van der Waals surface area contributed by atoms with Gasteiger partial charge in [0.25, 0.3) is 17.7 Å². The summed E-state index contributed by atoms with van der Waals surface area (Å²) in [6, 6.07) is 12.3. The lowest BCUT2D eigenvalue weighted by Gasteiger charge is -2.37. The molecule has 3 amide bonds. The first-order valence-electron chi connectivity index (χ1n) is 12.9. The number of carbonyl (C=O) groups is 3. The van der Waals surface area contributed by atoms with Gasteiger partial charge in [0.15, 0.2) is 0 Å². The molecule has 0 aliphatic carbocycles. The van der Waals surface area contributed by atoms with Gasteiger partial charge in [-0.2, -0.15) is 0 Å². The van der Waals surface area contributed by atoms with E-state index in [0.717, 1.165) is 25.2 Å². The van der Waals surface area contributed by atoms with Gasteiger partial charge in [0.05, 0.1) is 16.9 Å². The Balaban J connectivity index is 1.36. The van der Waals surface area contributed by atoms with E-state index in [1.54, 1.807) is 48.9 Å². The minimum absolute atomic E-state index is 0.0231. The van der Waals surface area contributed by atoms with E-state index in [2.05, 4.69) is 25.5 Å². The Morgan fingerprint density at radius 1 is 0.737 bits per heavy atom. The van der Waals surface area contributed by atoms with Crippen molar-refractivity contribution in [3.05, 3.63) is 83.9 Å². The van der Waals surface area contributed by atoms with Crippen molar-refractivity contribution >= 4 is 29.1 Å². The summed E-state index contributed by atoms with van der Waals surface area (Å²) in [4.78, 5) is 53.1. The summed E-state index contributed by atoms with van der Waals surface area (Å²) in [5.74, 6) is -0.371. The molecule has 0 unspecified atom stereocenters. The molecule has 0 saturated carbocycles. The second kappa shape index (κ2) is 11.8. The number of aromatic nitrogens is 2. The van der Waals surface area contributed by atoms with Gasteiger partial charge in [0.2, 0.25) is 0 Å². The highest BCUT2D eigenvalue weighted by molar-refractivity contribution is 6.07. The molecule has 0 atom stereocenters. The van der Waals surface area contributed by atoms with Gasteiger partial charge in [-0.1, -0.05) is 0 Å². The van der Waals surface area contributed by atoms with Crippen LogP contribution in [0.25, 0.3) is 0 Å². The number of nitrogens with one attached hydrogen (secondary N) is 2. The van der Waals surface area contributed by atoms with Gasteiger partial charge in [-0.3, -0.25) is 24.4 Å². The molecule has 5 rings (SSSR count). The standard InChI is InChI=1S/C28H31N7O3/c36-26(23-3-1-8-31-20-23)32-24-19-22(28(38)34-13-2-9-29-12-14-34)4-5-25(24)33-15-17-35(18-16-33)27(37)21-6-10-30-11-7-21/h1,3-8,10-11,19-20,29H,2,9,12-18H2,(H,32,36). The third-order valence-electron chi connectivity index (χ3n) is 6.88. The van der Waals surface area contributed by atoms with E-state index in [9.17, 15) is 14.4 Å². The smallest absolute Gasteiger partial charge is 0.257 e. The van der Waals surface area contributed by atoms with Crippen LogP contribution in [-0.2, 0) is 0 Å². The van der Waals surface area contributed by atoms with Gasteiger partial charge in [0.1, 0.15) is 0 Å². The Morgan fingerprint density at radius 2 is 1.50 bits per heavy atom. The van der Waals surface area contributed by atoms with Crippen LogP contribution in [0.4, 0.5) is 11.4 Å². The van der Waals surface area contributed by atoms with Crippen molar-refractivity contribution in [3.63, 3.8) is 0 Å². The van der Waals surface area contributed by atoms with E-state index < -0.39 is 0 Å². The zero-order valence-corrected chi connectivity index (χ0v) is 21.2. The zero-order valence-electron chi connectivity index (χ0n) is 21.2. The van der Waals surface area contributed by atoms with Crippen LogP contribution in [0.5, 0.6) is 0 Å². The predicted molar refractivity (Wildman–Crippen MR) is 144 cm³/mol. The number of anilines is 2. The zero-order chi connectivity index (χ0) is 26.3. The van der Waals surface area contributed by atoms with Crippen LogP contribution in [-0.4, -0.2) is 89.8 Å². The number of rotatable bonds is 5. The number of pyridine rings is 2. The van der Waals surface area contributed by atoms with Crippen LogP contribution in [0, 0.1) is 0 Å². The molecule has 2 N–H and O–H groups in total. The van der Waals surface area contributed by atoms with Crippen molar-refractivity contribution in [3.8, 4) is 0 Å². The fourth-order valence-corrected chi connectivity index (χ4v) is 4.80. The lowest BCUT2D eigenvalue weighted by Crippen LogP contribution is -2.49. The van der Waals surface area contributed by atoms with Crippen molar-refractivity contribution in [1.82, 2.24) is 25.1 Å². The average molecular weight is 514 g/mol. The number of piperazine rings is 1. The third kappa shape index (κ3) is 5.81. The van der Waals surface area contributed by atoms with E-state index in [1.165, 1.54) is 6.20 Å². The van der Waals surface area contributed by atoms with E-state index in [1.807, 2.05) is 21.9 Å². The number of hydrogen-bond acceptors (Lipinski definition) is 7. The summed E-state index contributed by atoms with van der Waals surface area (Å²) >= 11 is 0.